The van der Waals surface area contributed by atoms with E-state index in [4.69, 9.17) is 15.3 Å². The van der Waals surface area contributed by atoms with Crippen molar-refractivity contribution in [2.45, 2.75) is 12.2 Å². The Kier molecular flexibility index (Phi) is 2.62. The third-order valence-corrected chi connectivity index (χ3v) is 1.75. The van der Waals surface area contributed by atoms with Gasteiger partial charge in [-0.3, -0.25) is 4.90 Å². The standard InChI is InChI=1S/C6H13NO3/c8-2-1-7-3-5(9)6(10)4-7/h5-6,8-10H,1-4H2/t5-,6+. The van der Waals surface area contributed by atoms with E-state index in [2.05, 4.69) is 0 Å². The van der Waals surface area contributed by atoms with Crippen LogP contribution < -0.4 is 0 Å². The van der Waals surface area contributed by atoms with Crippen molar-refractivity contribution in [3.8, 4) is 0 Å². The van der Waals surface area contributed by atoms with Gasteiger partial charge in [-0.2, -0.15) is 0 Å². The fourth-order valence-corrected chi connectivity index (χ4v) is 1.17. The zero-order valence-corrected chi connectivity index (χ0v) is 5.77. The highest BCUT2D eigenvalue weighted by Crippen LogP contribution is 2.08. The Morgan fingerprint density at radius 3 is 2.10 bits per heavy atom. The van der Waals surface area contributed by atoms with Crippen LogP contribution in [0.4, 0.5) is 0 Å². The molecule has 0 aromatic heterocycles. The van der Waals surface area contributed by atoms with Gasteiger partial charge >= 0.3 is 0 Å². The topological polar surface area (TPSA) is 63.9 Å². The van der Waals surface area contributed by atoms with Crippen molar-refractivity contribution in [1.29, 1.82) is 0 Å². The summed E-state index contributed by atoms with van der Waals surface area (Å²) in [5, 5.41) is 26.5. The zero-order valence-electron chi connectivity index (χ0n) is 5.77. The molecular weight excluding hydrogens is 134 g/mol. The van der Waals surface area contributed by atoms with Crippen LogP contribution in [0.3, 0.4) is 0 Å². The Labute approximate surface area is 59.7 Å². The summed E-state index contributed by atoms with van der Waals surface area (Å²) in [7, 11) is 0. The molecule has 3 N–H and O–H groups in total. The van der Waals surface area contributed by atoms with Crippen molar-refractivity contribution in [3.05, 3.63) is 0 Å². The van der Waals surface area contributed by atoms with Gasteiger partial charge in [0.15, 0.2) is 0 Å². The van der Waals surface area contributed by atoms with Crippen LogP contribution in [0.25, 0.3) is 0 Å². The lowest BCUT2D eigenvalue weighted by atomic mass is 10.3. The maximum atomic E-state index is 9.02. The van der Waals surface area contributed by atoms with Gasteiger partial charge in [-0.25, -0.2) is 0 Å². The molecule has 0 unspecified atom stereocenters. The predicted octanol–water partition coefficient (Wildman–Crippen LogP) is -1.98. The number of nitrogens with zero attached hydrogens (tertiary/aromatic N) is 1. The number of likely N-dealkylation sites (tertiary alicyclic amines) is 1. The smallest absolute Gasteiger partial charge is 0.0938 e. The van der Waals surface area contributed by atoms with Gasteiger partial charge in [0.25, 0.3) is 0 Å². The summed E-state index contributed by atoms with van der Waals surface area (Å²) < 4.78 is 0. The summed E-state index contributed by atoms with van der Waals surface area (Å²) in [5.74, 6) is 0. The molecule has 0 bridgehead atoms. The first-order valence-electron chi connectivity index (χ1n) is 3.43. The van der Waals surface area contributed by atoms with Crippen LogP contribution in [0.1, 0.15) is 0 Å². The number of β-amino-alcohol motifs (C(OH)–C–C–N with tert-alkyl or cyclic N) is 3. The molecule has 10 heavy (non-hydrogen) atoms. The first-order valence-corrected chi connectivity index (χ1v) is 3.43. The van der Waals surface area contributed by atoms with Gasteiger partial charge in [-0.05, 0) is 0 Å². The predicted molar refractivity (Wildman–Crippen MR) is 35.5 cm³/mol. The first-order chi connectivity index (χ1) is 4.74. The fourth-order valence-electron chi connectivity index (χ4n) is 1.17. The Bertz CT molecular complexity index is 99.2. The largest absolute Gasteiger partial charge is 0.395 e. The third-order valence-electron chi connectivity index (χ3n) is 1.75. The van der Waals surface area contributed by atoms with Gasteiger partial charge < -0.3 is 15.3 Å². The SMILES string of the molecule is OCCN1C[C@@H](O)[C@@H](O)C1. The minimum absolute atomic E-state index is 0.0828. The van der Waals surface area contributed by atoms with Gasteiger partial charge in [0.1, 0.15) is 0 Å². The molecule has 0 aromatic rings. The van der Waals surface area contributed by atoms with Crippen molar-refractivity contribution in [1.82, 2.24) is 4.90 Å². The van der Waals surface area contributed by atoms with E-state index in [0.717, 1.165) is 0 Å². The van der Waals surface area contributed by atoms with Crippen molar-refractivity contribution in [2.24, 2.45) is 0 Å². The zero-order chi connectivity index (χ0) is 7.56. The number of hydrogen-bond acceptors (Lipinski definition) is 4. The van der Waals surface area contributed by atoms with E-state index in [1.54, 1.807) is 0 Å². The number of aliphatic hydroxyl groups excluding tert-OH is 3. The van der Waals surface area contributed by atoms with Crippen LogP contribution in [0.2, 0.25) is 0 Å². The van der Waals surface area contributed by atoms with Crippen molar-refractivity contribution in [3.63, 3.8) is 0 Å². The highest BCUT2D eigenvalue weighted by Gasteiger charge is 2.28. The van der Waals surface area contributed by atoms with Crippen LogP contribution in [-0.4, -0.2) is 58.7 Å². The normalized spacial score (nSPS) is 35.1. The van der Waals surface area contributed by atoms with E-state index >= 15 is 0 Å². The van der Waals surface area contributed by atoms with Gasteiger partial charge in [-0.1, -0.05) is 0 Å². The molecule has 1 rings (SSSR count). The highest BCUT2D eigenvalue weighted by molar-refractivity contribution is 4.82. The molecule has 4 heteroatoms. The van der Waals surface area contributed by atoms with Crippen molar-refractivity contribution < 1.29 is 15.3 Å². The fraction of sp³-hybridized carbons (Fsp3) is 1.00. The second kappa shape index (κ2) is 3.30. The van der Waals surface area contributed by atoms with E-state index < -0.39 is 12.2 Å². The van der Waals surface area contributed by atoms with E-state index in [1.165, 1.54) is 0 Å². The van der Waals surface area contributed by atoms with E-state index in [-0.39, 0.29) is 6.61 Å². The molecule has 0 aromatic carbocycles. The second-order valence-electron chi connectivity index (χ2n) is 2.62. The quantitative estimate of drug-likeness (QED) is 0.423. The number of rotatable bonds is 2. The lowest BCUT2D eigenvalue weighted by Crippen LogP contribution is -2.25. The summed E-state index contributed by atoms with van der Waals surface area (Å²) in [5.41, 5.74) is 0. The average Bonchev–Trinajstić information content (AvgIpc) is 2.14. The molecule has 1 aliphatic heterocycles. The molecule has 1 saturated heterocycles. The van der Waals surface area contributed by atoms with Gasteiger partial charge in [-0.15, -0.1) is 0 Å². The molecule has 0 aliphatic carbocycles. The average molecular weight is 147 g/mol. The summed E-state index contributed by atoms with van der Waals surface area (Å²) in [6, 6.07) is 0. The molecule has 0 spiro atoms. The number of aliphatic hydroxyl groups is 3. The van der Waals surface area contributed by atoms with Crippen LogP contribution >= 0.6 is 0 Å². The summed E-state index contributed by atoms with van der Waals surface area (Å²) in [4.78, 5) is 1.83. The molecule has 1 fully saturated rings. The van der Waals surface area contributed by atoms with Crippen LogP contribution in [0.5, 0.6) is 0 Å². The second-order valence-corrected chi connectivity index (χ2v) is 2.62. The minimum Gasteiger partial charge on any atom is -0.395 e. The van der Waals surface area contributed by atoms with Crippen LogP contribution in [-0.2, 0) is 0 Å². The molecule has 0 radical (unpaired) electrons. The van der Waals surface area contributed by atoms with Crippen LogP contribution in [0.15, 0.2) is 0 Å². The van der Waals surface area contributed by atoms with E-state index in [9.17, 15) is 0 Å². The Morgan fingerprint density at radius 2 is 1.70 bits per heavy atom. The van der Waals surface area contributed by atoms with Crippen molar-refractivity contribution >= 4 is 0 Å². The molecule has 4 nitrogen and oxygen atoms in total. The molecule has 2 atom stereocenters. The van der Waals surface area contributed by atoms with Gasteiger partial charge in [0, 0.05) is 19.6 Å². The molecule has 0 amide bonds. The number of hydrogen-bond donors (Lipinski definition) is 3. The van der Waals surface area contributed by atoms with Gasteiger partial charge in [0.2, 0.25) is 0 Å². The lowest BCUT2D eigenvalue weighted by Gasteiger charge is -2.11. The highest BCUT2D eigenvalue weighted by atomic mass is 16.3. The molecular formula is C6H13NO3. The lowest BCUT2D eigenvalue weighted by molar-refractivity contribution is 0.0572. The first kappa shape index (κ1) is 7.94. The molecule has 1 aliphatic rings. The summed E-state index contributed by atoms with van der Waals surface area (Å²) in [6.45, 7) is 1.57. The Hall–Kier alpha value is -0.160. The van der Waals surface area contributed by atoms with Crippen LogP contribution in [0, 0.1) is 0 Å². The minimum atomic E-state index is -0.633. The maximum absolute atomic E-state index is 9.02. The maximum Gasteiger partial charge on any atom is 0.0938 e. The van der Waals surface area contributed by atoms with Crippen molar-refractivity contribution in [2.75, 3.05) is 26.2 Å². The van der Waals surface area contributed by atoms with Gasteiger partial charge in [0.05, 0.1) is 18.8 Å². The molecule has 1 heterocycles. The molecule has 0 saturated carbocycles. The summed E-state index contributed by atoms with van der Waals surface area (Å²) in [6.07, 6.45) is -1.27. The van der Waals surface area contributed by atoms with E-state index in [0.29, 0.717) is 19.6 Å². The monoisotopic (exact) mass is 147 g/mol. The Balaban J connectivity index is 2.27. The van der Waals surface area contributed by atoms with E-state index in [1.807, 2.05) is 4.90 Å². The molecule has 60 valence electrons. The Morgan fingerprint density at radius 1 is 1.20 bits per heavy atom. The third kappa shape index (κ3) is 1.67. The summed E-state index contributed by atoms with van der Waals surface area (Å²) >= 11 is 0.